The first kappa shape index (κ1) is 33.5. The molecule has 6 nitrogen and oxygen atoms in total. The number of rotatable bonds is 14. The Morgan fingerprint density at radius 3 is 2.35 bits per heavy atom. The van der Waals surface area contributed by atoms with Crippen LogP contribution in [0, 0.1) is 12.3 Å². The van der Waals surface area contributed by atoms with E-state index in [4.69, 9.17) is 14.7 Å². The van der Waals surface area contributed by atoms with Gasteiger partial charge < -0.3 is 19.6 Å². The summed E-state index contributed by atoms with van der Waals surface area (Å²) in [6.45, 7) is 16.7. The number of phenols is 1. The molecule has 0 saturated heterocycles. The summed E-state index contributed by atoms with van der Waals surface area (Å²) in [7, 11) is 0. The molecule has 43 heavy (non-hydrogen) atoms. The number of hydrogen-bond acceptors (Lipinski definition) is 6. The van der Waals surface area contributed by atoms with Gasteiger partial charge in [0.25, 0.3) is 0 Å². The van der Waals surface area contributed by atoms with Gasteiger partial charge in [-0.15, -0.1) is 0 Å². The average Bonchev–Trinajstić information content (AvgIpc) is 3.76. The molecule has 0 spiro atoms. The van der Waals surface area contributed by atoms with Gasteiger partial charge in [0.1, 0.15) is 5.75 Å². The number of phenolic OH excluding ortho intramolecular Hbond substituents is 1. The first-order valence-corrected chi connectivity index (χ1v) is 17.5. The fourth-order valence-corrected chi connectivity index (χ4v) is 6.84. The van der Waals surface area contributed by atoms with Crippen LogP contribution in [-0.2, 0) is 13.0 Å². The van der Waals surface area contributed by atoms with Crippen molar-refractivity contribution >= 4 is 32.4 Å². The van der Waals surface area contributed by atoms with Gasteiger partial charge in [0.2, 0.25) is 0 Å². The summed E-state index contributed by atoms with van der Waals surface area (Å²) in [5.74, 6) is 0.277. The molecule has 1 fully saturated rings. The number of anilines is 1. The first-order chi connectivity index (χ1) is 20.8. The number of aromatic hydroxyl groups is 1. The number of unbranched alkanes of at least 4 members (excludes halogenated alkanes) is 4. The fourth-order valence-electron chi connectivity index (χ4n) is 6.25. The van der Waals surface area contributed by atoms with Gasteiger partial charge >= 0.3 is 6.01 Å². The second kappa shape index (κ2) is 16.1. The highest BCUT2D eigenvalue weighted by molar-refractivity contribution is 9.10. The Bertz CT molecular complexity index is 1320. The maximum atomic E-state index is 10.4. The van der Waals surface area contributed by atoms with Gasteiger partial charge in [-0.1, -0.05) is 87.9 Å². The quantitative estimate of drug-likeness (QED) is 0.175. The smallest absolute Gasteiger partial charge is 0.316 e. The molecule has 0 atom stereocenters. The second-order valence-electron chi connectivity index (χ2n) is 12.6. The number of aryl methyl sites for hydroxylation is 1. The third-order valence-corrected chi connectivity index (χ3v) is 9.45. The van der Waals surface area contributed by atoms with Gasteiger partial charge in [-0.25, -0.2) is 4.98 Å². The van der Waals surface area contributed by atoms with Crippen LogP contribution in [0.1, 0.15) is 102 Å². The lowest BCUT2D eigenvalue weighted by Crippen LogP contribution is -2.35. The number of nitrogens with zero attached hydrogens (tertiary/aromatic N) is 4. The third-order valence-electron chi connectivity index (χ3n) is 8.79. The summed E-state index contributed by atoms with van der Waals surface area (Å²) in [5, 5.41) is 12.5. The Labute approximate surface area is 268 Å². The maximum absolute atomic E-state index is 10.4. The van der Waals surface area contributed by atoms with E-state index in [2.05, 4.69) is 66.4 Å². The summed E-state index contributed by atoms with van der Waals surface area (Å²) in [6.07, 6.45) is 12.7. The van der Waals surface area contributed by atoms with E-state index in [1.807, 2.05) is 24.3 Å². The van der Waals surface area contributed by atoms with Crippen molar-refractivity contribution in [2.24, 2.45) is 5.41 Å². The lowest BCUT2D eigenvalue weighted by atomic mass is 10.0. The van der Waals surface area contributed by atoms with Crippen LogP contribution in [0.15, 0.2) is 34.8 Å². The van der Waals surface area contributed by atoms with E-state index < -0.39 is 0 Å². The average molecular weight is 654 g/mol. The van der Waals surface area contributed by atoms with E-state index in [1.54, 1.807) is 0 Å². The number of halogens is 1. The number of hydrogen-bond donors (Lipinski definition) is 1. The van der Waals surface area contributed by atoms with Gasteiger partial charge in [0.05, 0.1) is 18.8 Å². The van der Waals surface area contributed by atoms with Gasteiger partial charge in [-0.3, -0.25) is 0 Å². The molecule has 2 aliphatic rings. The molecule has 3 aromatic rings. The van der Waals surface area contributed by atoms with Crippen LogP contribution in [0.3, 0.4) is 0 Å². The molecule has 1 saturated carbocycles. The van der Waals surface area contributed by atoms with Crippen molar-refractivity contribution in [3.63, 3.8) is 0 Å². The van der Waals surface area contributed by atoms with Crippen molar-refractivity contribution in [1.82, 2.24) is 14.9 Å². The van der Waals surface area contributed by atoms with E-state index in [0.29, 0.717) is 19.2 Å². The highest BCUT2D eigenvalue weighted by atomic mass is 79.9. The topological polar surface area (TPSA) is 61.7 Å². The monoisotopic (exact) mass is 652 g/mol. The van der Waals surface area contributed by atoms with Gasteiger partial charge in [0.15, 0.2) is 0 Å². The molecule has 0 amide bonds. The number of aromatic nitrogens is 2. The second-order valence-corrected chi connectivity index (χ2v) is 13.5. The molecule has 5 rings (SSSR count). The SMILES string of the molecule is CCCCCCC.CCCN(CCC)CC1(COc2nc(C)c3c(n2)CN(c2cc(O)cc4cccc(Br)c24)CC3)CC1. The predicted octanol–water partition coefficient (Wildman–Crippen LogP) is 9.23. The molecular weight excluding hydrogens is 600 g/mol. The summed E-state index contributed by atoms with van der Waals surface area (Å²) < 4.78 is 7.30. The number of benzene rings is 2. The highest BCUT2D eigenvalue weighted by Gasteiger charge is 2.45. The van der Waals surface area contributed by atoms with Gasteiger partial charge in [0, 0.05) is 45.8 Å². The molecule has 0 unspecified atom stereocenters. The molecule has 1 N–H and O–H groups in total. The zero-order valence-electron chi connectivity index (χ0n) is 27.2. The van der Waals surface area contributed by atoms with Crippen LogP contribution in [0.2, 0.25) is 0 Å². The molecule has 2 aromatic carbocycles. The summed E-state index contributed by atoms with van der Waals surface area (Å²) in [5.41, 5.74) is 4.53. The van der Waals surface area contributed by atoms with Crippen molar-refractivity contribution < 1.29 is 9.84 Å². The molecular formula is C36H53BrN4O2. The van der Waals surface area contributed by atoms with Crippen LogP contribution >= 0.6 is 15.9 Å². The van der Waals surface area contributed by atoms with E-state index in [0.717, 1.165) is 64.9 Å². The molecule has 236 valence electrons. The normalized spacial score (nSPS) is 15.3. The molecule has 7 heteroatoms. The molecule has 1 aliphatic heterocycles. The van der Waals surface area contributed by atoms with Gasteiger partial charge in [-0.05, 0) is 75.2 Å². The minimum atomic E-state index is 0.246. The van der Waals surface area contributed by atoms with Crippen molar-refractivity contribution in [3.8, 4) is 11.8 Å². The molecule has 1 aromatic heterocycles. The predicted molar refractivity (Wildman–Crippen MR) is 183 cm³/mol. The zero-order chi connectivity index (χ0) is 30.8. The summed E-state index contributed by atoms with van der Waals surface area (Å²) >= 11 is 3.72. The Kier molecular flexibility index (Phi) is 12.5. The van der Waals surface area contributed by atoms with Crippen molar-refractivity contribution in [1.29, 1.82) is 0 Å². The fraction of sp³-hybridized carbons (Fsp3) is 0.611. The van der Waals surface area contributed by atoms with Gasteiger partial charge in [-0.2, -0.15) is 4.98 Å². The standard InChI is InChI=1S/C29H37BrN4O2.C7H16/c1-4-12-33(13-5-2)18-29(10-11-29)19-36-28-31-20(3)23-9-14-34(17-25(23)32-28)26-16-22(35)15-21-7-6-8-24(30)27(21)26;1-3-5-7-6-4-2/h6-8,15-16,35H,4-5,9-14,17-19H2,1-3H3;3-7H2,1-2H3. The van der Waals surface area contributed by atoms with E-state index in [9.17, 15) is 5.11 Å². The maximum Gasteiger partial charge on any atom is 0.316 e. The largest absolute Gasteiger partial charge is 0.508 e. The van der Waals surface area contributed by atoms with Crippen LogP contribution in [0.4, 0.5) is 5.69 Å². The molecule has 1 aliphatic carbocycles. The lowest BCUT2D eigenvalue weighted by molar-refractivity contribution is 0.153. The van der Waals surface area contributed by atoms with Crippen molar-refractivity contribution in [2.75, 3.05) is 37.7 Å². The Balaban J connectivity index is 0.000000541. The molecule has 0 bridgehead atoms. The minimum absolute atomic E-state index is 0.246. The van der Waals surface area contributed by atoms with E-state index in [1.165, 1.54) is 63.4 Å². The number of fused-ring (bicyclic) bond motifs is 2. The minimum Gasteiger partial charge on any atom is -0.508 e. The Morgan fingerprint density at radius 2 is 1.70 bits per heavy atom. The highest BCUT2D eigenvalue weighted by Crippen LogP contribution is 2.46. The first-order valence-electron chi connectivity index (χ1n) is 16.7. The van der Waals surface area contributed by atoms with Crippen LogP contribution in [0.5, 0.6) is 11.8 Å². The van der Waals surface area contributed by atoms with Crippen LogP contribution < -0.4 is 9.64 Å². The van der Waals surface area contributed by atoms with Crippen molar-refractivity contribution in [3.05, 3.63) is 51.8 Å². The van der Waals surface area contributed by atoms with Crippen LogP contribution in [-0.4, -0.2) is 52.8 Å². The van der Waals surface area contributed by atoms with Crippen LogP contribution in [0.25, 0.3) is 10.8 Å². The summed E-state index contributed by atoms with van der Waals surface area (Å²) in [6, 6.07) is 10.3. The number of ether oxygens (including phenoxy) is 1. The molecule has 0 radical (unpaired) electrons. The van der Waals surface area contributed by atoms with E-state index >= 15 is 0 Å². The van der Waals surface area contributed by atoms with E-state index in [-0.39, 0.29) is 11.2 Å². The zero-order valence-corrected chi connectivity index (χ0v) is 28.8. The Morgan fingerprint density at radius 1 is 0.977 bits per heavy atom. The Hall–Kier alpha value is -2.38. The third kappa shape index (κ3) is 9.07. The summed E-state index contributed by atoms with van der Waals surface area (Å²) in [4.78, 5) is 14.5. The van der Waals surface area contributed by atoms with Crippen molar-refractivity contribution in [2.45, 2.75) is 105 Å². The lowest BCUT2D eigenvalue weighted by Gasteiger charge is -2.32. The molecule has 2 heterocycles.